The summed E-state index contributed by atoms with van der Waals surface area (Å²) in [5.74, 6) is 0. The fourth-order valence-corrected chi connectivity index (χ4v) is 0. The molecule has 0 fully saturated rings. The van der Waals surface area contributed by atoms with E-state index in [0.717, 1.165) is 0 Å². The first-order chi connectivity index (χ1) is 0. The van der Waals surface area contributed by atoms with Gasteiger partial charge >= 0.3 is 118 Å². The van der Waals surface area contributed by atoms with E-state index in [4.69, 9.17) is 0 Å². The van der Waals surface area contributed by atoms with Crippen molar-refractivity contribution in [2.24, 2.45) is 0 Å². The number of hydrogen-bond donors (Lipinski definition) is 0. The average Bonchev–Trinajstić information content (AvgIpc) is 0. The molecule has 0 aromatic rings. The first-order valence-electron chi connectivity index (χ1n) is 0. The molecule has 0 radical (unpaired) electrons. The Bertz CT molecular complexity index is 12.5. The molecule has 0 nitrogen and oxygen atoms in total. The van der Waals surface area contributed by atoms with Crippen LogP contribution in [0.1, 0.15) is 5.71 Å². The van der Waals surface area contributed by atoms with Crippen molar-refractivity contribution in [1.29, 1.82) is 0 Å². The van der Waals surface area contributed by atoms with Crippen molar-refractivity contribution in [3.05, 3.63) is 0 Å². The van der Waals surface area contributed by atoms with Crippen LogP contribution in [-0.4, -0.2) is 0 Å². The first-order valence-corrected chi connectivity index (χ1v) is 0. The Hall–Kier alpha value is 4.52. The third kappa shape index (κ3) is 17.7. The molecule has 0 aliphatic rings. The van der Waals surface area contributed by atoms with Crippen molar-refractivity contribution in [3.63, 3.8) is 0 Å². The summed E-state index contributed by atoms with van der Waals surface area (Å²) in [5, 5.41) is 0. The maximum Gasteiger partial charge on any atom is 1.00 e. The Morgan fingerprint density at radius 1 is 0.600 bits per heavy atom. The van der Waals surface area contributed by atoms with E-state index in [1.165, 1.54) is 0 Å². The Morgan fingerprint density at radius 3 is 0.600 bits per heavy atom. The van der Waals surface area contributed by atoms with Gasteiger partial charge in [0, 0.05) is 17.1 Å². The van der Waals surface area contributed by atoms with Gasteiger partial charge in [0.15, 0.2) is 0 Å². The second-order valence-electron chi connectivity index (χ2n) is 0. The zero-order valence-electron chi connectivity index (χ0n) is 8.35. The van der Waals surface area contributed by atoms with E-state index in [0.29, 0.717) is 0 Å². The van der Waals surface area contributed by atoms with Crippen LogP contribution in [0.2, 0.25) is 0 Å². The van der Waals surface area contributed by atoms with Crippen LogP contribution in [0.4, 0.5) is 0 Å². The van der Waals surface area contributed by atoms with E-state index in [2.05, 4.69) is 0 Å². The Morgan fingerprint density at radius 2 is 0.600 bits per heavy atom. The summed E-state index contributed by atoms with van der Waals surface area (Å²) >= 11 is 0. The molecule has 0 heterocycles. The van der Waals surface area contributed by atoms with Crippen LogP contribution in [-0.2, 0) is 17.1 Å². The second kappa shape index (κ2) is 23.6. The van der Waals surface area contributed by atoms with Crippen molar-refractivity contribution in [2.75, 3.05) is 0 Å². The SMILES string of the molecule is [Fe].[H-].[H-].[H-].[H-].[Na+].[Na+].[Na+].[Na+]. The molecule has 16 valence electrons. The minimum absolute atomic E-state index is 0. The van der Waals surface area contributed by atoms with Crippen LogP contribution in [0, 0.1) is 0 Å². The van der Waals surface area contributed by atoms with E-state index in [1.54, 1.807) is 0 Å². The Labute approximate surface area is 138 Å². The maximum atomic E-state index is 0. The topological polar surface area (TPSA) is 0 Å². The zero-order chi connectivity index (χ0) is 0. The largest absolute Gasteiger partial charge is 1.00 e. The number of hydrogen-bond acceptors (Lipinski definition) is 0. The predicted molar refractivity (Wildman–Crippen MR) is 4.45 cm³/mol. The molecule has 0 amide bonds. The van der Waals surface area contributed by atoms with Crippen LogP contribution in [0.5, 0.6) is 0 Å². The van der Waals surface area contributed by atoms with E-state index in [-0.39, 0.29) is 141 Å². The van der Waals surface area contributed by atoms with E-state index in [9.17, 15) is 0 Å². The van der Waals surface area contributed by atoms with Crippen LogP contribution in [0.3, 0.4) is 0 Å². The normalized spacial score (nSPS) is 0. The van der Waals surface area contributed by atoms with Crippen LogP contribution in [0.15, 0.2) is 0 Å². The molecule has 0 bridgehead atoms. The summed E-state index contributed by atoms with van der Waals surface area (Å²) in [7, 11) is 0. The quantitative estimate of drug-likeness (QED) is 0.302. The van der Waals surface area contributed by atoms with Crippen LogP contribution in [0.25, 0.3) is 0 Å². The van der Waals surface area contributed by atoms with Gasteiger partial charge in [-0.2, -0.15) is 0 Å². The Kier molecular flexibility index (Phi) is 160. The van der Waals surface area contributed by atoms with Gasteiger partial charge < -0.3 is 5.71 Å². The van der Waals surface area contributed by atoms with Gasteiger partial charge in [0.05, 0.1) is 0 Å². The van der Waals surface area contributed by atoms with Gasteiger partial charge in [0.2, 0.25) is 0 Å². The summed E-state index contributed by atoms with van der Waals surface area (Å²) in [6.45, 7) is 0. The van der Waals surface area contributed by atoms with Gasteiger partial charge in [0.25, 0.3) is 0 Å². The van der Waals surface area contributed by atoms with Crippen molar-refractivity contribution in [1.82, 2.24) is 0 Å². The maximum absolute atomic E-state index is 0. The molecule has 0 saturated carbocycles. The fourth-order valence-electron chi connectivity index (χ4n) is 0. The van der Waals surface area contributed by atoms with Crippen LogP contribution < -0.4 is 118 Å². The molecule has 0 N–H and O–H groups in total. The summed E-state index contributed by atoms with van der Waals surface area (Å²) in [6.07, 6.45) is 0. The van der Waals surface area contributed by atoms with Gasteiger partial charge in [-0.1, -0.05) is 0 Å². The van der Waals surface area contributed by atoms with E-state index < -0.39 is 0 Å². The molecule has 0 atom stereocenters. The summed E-state index contributed by atoms with van der Waals surface area (Å²) in [6, 6.07) is 0. The molecular formula is H4FeNa4. The molecule has 0 saturated heterocycles. The zero-order valence-corrected chi connectivity index (χ0v) is 13.5. The first kappa shape index (κ1) is 33.8. The Balaban J connectivity index is 0. The van der Waals surface area contributed by atoms with Gasteiger partial charge in [-0.25, -0.2) is 0 Å². The molecule has 0 aromatic carbocycles. The minimum atomic E-state index is 0. The molecule has 5 heteroatoms. The third-order valence-corrected chi connectivity index (χ3v) is 0. The molecular weight excluding hydrogens is 148 g/mol. The fraction of sp³-hybridized carbons (Fsp3) is 0. The summed E-state index contributed by atoms with van der Waals surface area (Å²) in [5.41, 5.74) is 0. The van der Waals surface area contributed by atoms with E-state index >= 15 is 0 Å². The average molecular weight is 152 g/mol. The smallest absolute Gasteiger partial charge is 1.00 e. The van der Waals surface area contributed by atoms with E-state index in [1.807, 2.05) is 0 Å². The molecule has 0 aliphatic heterocycles. The molecule has 0 spiro atoms. The molecule has 0 rings (SSSR count). The van der Waals surface area contributed by atoms with Crippen molar-refractivity contribution < 1.29 is 141 Å². The van der Waals surface area contributed by atoms with Gasteiger partial charge in [-0.05, 0) is 0 Å². The molecule has 0 aromatic heterocycles. The van der Waals surface area contributed by atoms with Gasteiger partial charge in [-0.3, -0.25) is 0 Å². The van der Waals surface area contributed by atoms with Crippen LogP contribution >= 0.6 is 0 Å². The van der Waals surface area contributed by atoms with Crippen molar-refractivity contribution in [2.45, 2.75) is 0 Å². The summed E-state index contributed by atoms with van der Waals surface area (Å²) in [4.78, 5) is 0. The monoisotopic (exact) mass is 152 g/mol. The molecule has 5 heavy (non-hydrogen) atoms. The standard InChI is InChI=1S/Fe.4Na.4H/q;4*+1;4*-1. The minimum Gasteiger partial charge on any atom is -1.00 e. The van der Waals surface area contributed by atoms with Crippen molar-refractivity contribution in [3.8, 4) is 0 Å². The molecule has 0 aliphatic carbocycles. The second-order valence-corrected chi connectivity index (χ2v) is 0. The third-order valence-electron chi connectivity index (χ3n) is 0. The predicted octanol–water partition coefficient (Wildman–Crippen LogP) is -11.5. The van der Waals surface area contributed by atoms with Gasteiger partial charge in [-0.15, -0.1) is 0 Å². The van der Waals surface area contributed by atoms with Crippen molar-refractivity contribution >= 4 is 0 Å². The number of rotatable bonds is 0. The molecule has 0 unspecified atom stereocenters. The van der Waals surface area contributed by atoms with Gasteiger partial charge in [0.1, 0.15) is 0 Å². The summed E-state index contributed by atoms with van der Waals surface area (Å²) < 4.78 is 0.